The van der Waals surface area contributed by atoms with Crippen LogP contribution >= 0.6 is 15.9 Å². The Labute approximate surface area is 104 Å². The van der Waals surface area contributed by atoms with Crippen molar-refractivity contribution >= 4 is 21.6 Å². The molecule has 88 valence electrons. The predicted octanol–water partition coefficient (Wildman–Crippen LogP) is 2.75. The number of halogens is 1. The van der Waals surface area contributed by atoms with Crippen LogP contribution in [0.25, 0.3) is 0 Å². The summed E-state index contributed by atoms with van der Waals surface area (Å²) in [6.45, 7) is 0. The molecule has 3 nitrogen and oxygen atoms in total. The summed E-state index contributed by atoms with van der Waals surface area (Å²) in [6.07, 6.45) is 3.31. The summed E-state index contributed by atoms with van der Waals surface area (Å²) in [5.74, 6) is 0.860. The molecule has 16 heavy (non-hydrogen) atoms. The maximum absolute atomic E-state index is 5.89. The lowest BCUT2D eigenvalue weighted by molar-refractivity contribution is 0.414. The third-order valence-electron chi connectivity index (χ3n) is 2.95. The number of hydrogen-bond acceptors (Lipinski definition) is 3. The highest BCUT2D eigenvalue weighted by Gasteiger charge is 2.21. The highest BCUT2D eigenvalue weighted by atomic mass is 79.9. The summed E-state index contributed by atoms with van der Waals surface area (Å²) in [6, 6.07) is 6.87. The normalized spacial score (nSPS) is 24.4. The molecule has 0 saturated heterocycles. The van der Waals surface area contributed by atoms with Gasteiger partial charge in [-0.05, 0) is 31.4 Å². The van der Waals surface area contributed by atoms with Gasteiger partial charge in [-0.25, -0.2) is 0 Å². The Morgan fingerprint density at radius 3 is 2.81 bits per heavy atom. The molecule has 1 aliphatic rings. The van der Waals surface area contributed by atoms with Crippen molar-refractivity contribution in [2.45, 2.75) is 31.3 Å². The Morgan fingerprint density at radius 1 is 1.38 bits per heavy atom. The van der Waals surface area contributed by atoms with Crippen LogP contribution in [0.2, 0.25) is 0 Å². The molecule has 1 aromatic rings. The molecule has 3 N–H and O–H groups in total. The lowest BCUT2D eigenvalue weighted by atomic mass is 10.2. The molecule has 0 spiro atoms. The largest absolute Gasteiger partial charge is 0.497 e. The van der Waals surface area contributed by atoms with Crippen molar-refractivity contribution in [1.82, 2.24) is 0 Å². The van der Waals surface area contributed by atoms with Gasteiger partial charge in [0.25, 0.3) is 0 Å². The van der Waals surface area contributed by atoms with Gasteiger partial charge in [0.15, 0.2) is 0 Å². The van der Waals surface area contributed by atoms with E-state index < -0.39 is 0 Å². The van der Waals surface area contributed by atoms with Crippen LogP contribution in [0.3, 0.4) is 0 Å². The first-order valence-corrected chi connectivity index (χ1v) is 6.33. The van der Waals surface area contributed by atoms with Crippen LogP contribution < -0.4 is 15.8 Å². The number of rotatable bonds is 3. The van der Waals surface area contributed by atoms with Gasteiger partial charge in [-0.3, -0.25) is 0 Å². The zero-order valence-corrected chi connectivity index (χ0v) is 11.0. The second kappa shape index (κ2) is 5.06. The van der Waals surface area contributed by atoms with E-state index in [2.05, 4.69) is 27.3 Å². The van der Waals surface area contributed by atoms with Crippen LogP contribution in [-0.2, 0) is 0 Å². The number of hydrogen-bond donors (Lipinski definition) is 2. The molecule has 1 fully saturated rings. The lowest BCUT2D eigenvalue weighted by Gasteiger charge is -2.15. The minimum atomic E-state index is 0.353. The van der Waals surface area contributed by atoms with Gasteiger partial charge in [-0.1, -0.05) is 15.9 Å². The van der Waals surface area contributed by atoms with Crippen molar-refractivity contribution in [3.05, 3.63) is 22.7 Å². The molecule has 2 rings (SSSR count). The summed E-state index contributed by atoms with van der Waals surface area (Å²) in [7, 11) is 1.68. The minimum Gasteiger partial charge on any atom is -0.497 e. The topological polar surface area (TPSA) is 47.3 Å². The van der Waals surface area contributed by atoms with Gasteiger partial charge >= 0.3 is 0 Å². The minimum absolute atomic E-state index is 0.353. The zero-order chi connectivity index (χ0) is 11.5. The molecule has 1 saturated carbocycles. The van der Waals surface area contributed by atoms with Gasteiger partial charge in [-0.2, -0.15) is 0 Å². The number of methoxy groups -OCH3 is 1. The van der Waals surface area contributed by atoms with Crippen LogP contribution in [0.1, 0.15) is 19.3 Å². The predicted molar refractivity (Wildman–Crippen MR) is 69.9 cm³/mol. The van der Waals surface area contributed by atoms with E-state index in [-0.39, 0.29) is 0 Å². The van der Waals surface area contributed by atoms with Crippen molar-refractivity contribution in [3.63, 3.8) is 0 Å². The van der Waals surface area contributed by atoms with Gasteiger partial charge < -0.3 is 15.8 Å². The third kappa shape index (κ3) is 2.89. The Hall–Kier alpha value is -0.740. The highest BCUT2D eigenvalue weighted by molar-refractivity contribution is 9.10. The molecular formula is C12H17BrN2O. The van der Waals surface area contributed by atoms with E-state index in [0.717, 1.165) is 35.2 Å². The Kier molecular flexibility index (Phi) is 3.71. The van der Waals surface area contributed by atoms with Crippen molar-refractivity contribution in [2.75, 3.05) is 12.4 Å². The van der Waals surface area contributed by atoms with Gasteiger partial charge in [0.2, 0.25) is 0 Å². The number of nitrogens with one attached hydrogen (secondary N) is 1. The average Bonchev–Trinajstić information content (AvgIpc) is 2.63. The molecule has 0 amide bonds. The third-order valence-corrected chi connectivity index (χ3v) is 3.41. The first-order valence-electron chi connectivity index (χ1n) is 5.54. The Morgan fingerprint density at radius 2 is 2.19 bits per heavy atom. The van der Waals surface area contributed by atoms with E-state index in [9.17, 15) is 0 Å². The number of benzene rings is 1. The fourth-order valence-corrected chi connectivity index (χ4v) is 2.62. The Bertz CT molecular complexity index is 370. The van der Waals surface area contributed by atoms with Crippen LogP contribution in [0.5, 0.6) is 5.75 Å². The Balaban J connectivity index is 2.06. The molecule has 0 radical (unpaired) electrons. The maximum atomic E-state index is 5.89. The first-order chi connectivity index (χ1) is 7.67. The molecule has 1 aliphatic carbocycles. The highest BCUT2D eigenvalue weighted by Crippen LogP contribution is 2.27. The van der Waals surface area contributed by atoms with E-state index in [0.29, 0.717) is 12.1 Å². The molecule has 2 atom stereocenters. The van der Waals surface area contributed by atoms with Gasteiger partial charge in [0.05, 0.1) is 7.11 Å². The summed E-state index contributed by atoms with van der Waals surface area (Å²) in [5, 5.41) is 3.50. The fourth-order valence-electron chi connectivity index (χ4n) is 2.15. The summed E-state index contributed by atoms with van der Waals surface area (Å²) < 4.78 is 6.25. The van der Waals surface area contributed by atoms with E-state index >= 15 is 0 Å². The SMILES string of the molecule is COc1cc(Br)cc(NC2CCC(N)C2)c1. The summed E-state index contributed by atoms with van der Waals surface area (Å²) >= 11 is 3.47. The van der Waals surface area contributed by atoms with Crippen molar-refractivity contribution in [2.24, 2.45) is 5.73 Å². The quantitative estimate of drug-likeness (QED) is 0.897. The molecule has 2 unspecified atom stereocenters. The van der Waals surface area contributed by atoms with Crippen LogP contribution in [0.15, 0.2) is 22.7 Å². The summed E-state index contributed by atoms with van der Waals surface area (Å²) in [4.78, 5) is 0. The fraction of sp³-hybridized carbons (Fsp3) is 0.500. The molecule has 0 aliphatic heterocycles. The zero-order valence-electron chi connectivity index (χ0n) is 9.37. The maximum Gasteiger partial charge on any atom is 0.122 e. The lowest BCUT2D eigenvalue weighted by Crippen LogP contribution is -2.20. The number of anilines is 1. The van der Waals surface area contributed by atoms with Crippen molar-refractivity contribution in [3.8, 4) is 5.75 Å². The molecule has 0 aromatic heterocycles. The van der Waals surface area contributed by atoms with E-state index in [1.165, 1.54) is 0 Å². The first kappa shape index (κ1) is 11.7. The van der Waals surface area contributed by atoms with Crippen LogP contribution in [0, 0.1) is 0 Å². The van der Waals surface area contributed by atoms with Crippen LogP contribution in [0.4, 0.5) is 5.69 Å². The summed E-state index contributed by atoms with van der Waals surface area (Å²) in [5.41, 5.74) is 6.98. The molecule has 0 bridgehead atoms. The van der Waals surface area contributed by atoms with Gasteiger partial charge in [0.1, 0.15) is 5.75 Å². The van der Waals surface area contributed by atoms with Crippen molar-refractivity contribution < 1.29 is 4.74 Å². The van der Waals surface area contributed by atoms with Crippen molar-refractivity contribution in [1.29, 1.82) is 0 Å². The van der Waals surface area contributed by atoms with E-state index in [4.69, 9.17) is 10.5 Å². The van der Waals surface area contributed by atoms with Crippen LogP contribution in [-0.4, -0.2) is 19.2 Å². The number of ether oxygens (including phenoxy) is 1. The van der Waals surface area contributed by atoms with Gasteiger partial charge in [-0.15, -0.1) is 0 Å². The van der Waals surface area contributed by atoms with Gasteiger partial charge in [0, 0.05) is 28.3 Å². The standard InChI is InChI=1S/C12H17BrN2O/c1-16-12-5-8(13)4-11(7-12)15-10-3-2-9(14)6-10/h4-5,7,9-10,15H,2-3,6,14H2,1H3. The average molecular weight is 285 g/mol. The molecule has 1 aromatic carbocycles. The van der Waals surface area contributed by atoms with E-state index in [1.807, 2.05) is 12.1 Å². The molecule has 0 heterocycles. The van der Waals surface area contributed by atoms with E-state index in [1.54, 1.807) is 7.11 Å². The molecular weight excluding hydrogens is 268 g/mol. The smallest absolute Gasteiger partial charge is 0.122 e. The second-order valence-electron chi connectivity index (χ2n) is 4.29. The monoisotopic (exact) mass is 284 g/mol. The molecule has 4 heteroatoms. The number of nitrogens with two attached hydrogens (primary N) is 1. The second-order valence-corrected chi connectivity index (χ2v) is 5.21.